The number of fused-ring (bicyclic) bond motifs is 1. The predicted molar refractivity (Wildman–Crippen MR) is 239 cm³/mol. The van der Waals surface area contributed by atoms with E-state index in [4.69, 9.17) is 21.1 Å². The molecule has 2 amide bonds. The number of carbonyl (C=O) groups is 2. The average Bonchev–Trinajstić information content (AvgIpc) is 3.90. The summed E-state index contributed by atoms with van der Waals surface area (Å²) in [5, 5.41) is 22.5. The van der Waals surface area contributed by atoms with Gasteiger partial charge in [0.2, 0.25) is 11.8 Å². The van der Waals surface area contributed by atoms with Crippen LogP contribution in [0.4, 0.5) is 0 Å². The monoisotopic (exact) mass is 849 g/mol. The average molecular weight is 850 g/mol. The van der Waals surface area contributed by atoms with Gasteiger partial charge in [0, 0.05) is 98.0 Å². The van der Waals surface area contributed by atoms with E-state index in [0.29, 0.717) is 66.7 Å². The quantitative estimate of drug-likeness (QED) is 0.0800. The number of carbonyl (C=O) groups excluding carboxylic acids is 2. The summed E-state index contributed by atoms with van der Waals surface area (Å²) in [6.45, 7) is 6.79. The summed E-state index contributed by atoms with van der Waals surface area (Å²) in [7, 11) is 0. The molecule has 0 bridgehead atoms. The minimum Gasteiger partial charge on any atom is -0.488 e. The van der Waals surface area contributed by atoms with Crippen molar-refractivity contribution in [3.63, 3.8) is 0 Å². The molecule has 6 aromatic rings. The van der Waals surface area contributed by atoms with Crippen molar-refractivity contribution in [1.82, 2.24) is 30.7 Å². The van der Waals surface area contributed by atoms with E-state index in [0.717, 1.165) is 68.4 Å². The fourth-order valence-electron chi connectivity index (χ4n) is 8.24. The van der Waals surface area contributed by atoms with Crippen LogP contribution in [0.5, 0.6) is 11.5 Å². The van der Waals surface area contributed by atoms with Gasteiger partial charge in [-0.3, -0.25) is 23.8 Å². The number of hydrogen-bond donors (Lipinski definition) is 4. The highest BCUT2D eigenvalue weighted by molar-refractivity contribution is 6.32. The van der Waals surface area contributed by atoms with Crippen LogP contribution in [0.3, 0.4) is 0 Å². The van der Waals surface area contributed by atoms with Gasteiger partial charge in [0.15, 0.2) is 0 Å². The van der Waals surface area contributed by atoms with Gasteiger partial charge in [0.1, 0.15) is 30.8 Å². The molecular weight excluding hydrogens is 802 g/mol. The fourth-order valence-corrected chi connectivity index (χ4v) is 8.48. The normalized spacial score (nSPS) is 16.0. The molecular formula is C49H48ClN7O5. The van der Waals surface area contributed by atoms with Crippen LogP contribution < -0.4 is 36.3 Å². The Bertz CT molecular complexity index is 2760. The van der Waals surface area contributed by atoms with Gasteiger partial charge in [-0.25, -0.2) is 0 Å². The number of aromatic nitrogens is 2. The Morgan fingerprint density at radius 2 is 1.44 bits per heavy atom. The molecule has 2 atom stereocenters. The second-order valence-corrected chi connectivity index (χ2v) is 16.4. The maximum atomic E-state index is 13.4. The number of ether oxygens (including phenoxy) is 2. The summed E-state index contributed by atoms with van der Waals surface area (Å²) in [6, 6.07) is 28.1. The summed E-state index contributed by atoms with van der Waals surface area (Å²) in [5.74, 6) is 1.19. The van der Waals surface area contributed by atoms with Crippen LogP contribution in [-0.2, 0) is 35.9 Å². The minimum atomic E-state index is -0.0676. The molecule has 3 aromatic heterocycles. The highest BCUT2D eigenvalue weighted by Gasteiger charge is 2.22. The first kappa shape index (κ1) is 42.2. The van der Waals surface area contributed by atoms with E-state index in [9.17, 15) is 19.6 Å². The van der Waals surface area contributed by atoms with Crippen LogP contribution in [0, 0.1) is 25.2 Å². The molecule has 62 heavy (non-hydrogen) atoms. The Kier molecular flexibility index (Phi) is 12.9. The Hall–Kier alpha value is -6.52. The lowest BCUT2D eigenvalue weighted by molar-refractivity contribution is -0.120. The van der Waals surface area contributed by atoms with Gasteiger partial charge >= 0.3 is 0 Å². The topological polar surface area (TPSA) is 159 Å². The third kappa shape index (κ3) is 9.66. The van der Waals surface area contributed by atoms with Crippen molar-refractivity contribution in [2.24, 2.45) is 0 Å². The van der Waals surface area contributed by atoms with Crippen LogP contribution in [0.1, 0.15) is 64.6 Å². The van der Waals surface area contributed by atoms with E-state index in [1.54, 1.807) is 22.7 Å². The van der Waals surface area contributed by atoms with Gasteiger partial charge in [-0.05, 0) is 96.0 Å². The number of nitriles is 1. The fraction of sp³-hybridized carbons (Fsp3) is 0.286. The third-order valence-electron chi connectivity index (χ3n) is 11.7. The highest BCUT2D eigenvalue weighted by Crippen LogP contribution is 2.37. The van der Waals surface area contributed by atoms with E-state index in [2.05, 4.69) is 76.5 Å². The van der Waals surface area contributed by atoms with Crippen molar-refractivity contribution in [3.05, 3.63) is 152 Å². The molecule has 0 aliphatic carbocycles. The van der Waals surface area contributed by atoms with Crippen molar-refractivity contribution in [1.29, 1.82) is 5.26 Å². The number of halogens is 1. The summed E-state index contributed by atoms with van der Waals surface area (Å²) in [5.41, 5.74) is 10.9. The molecule has 2 aliphatic rings. The zero-order chi connectivity index (χ0) is 43.2. The van der Waals surface area contributed by atoms with E-state index >= 15 is 0 Å². The molecule has 4 N–H and O–H groups in total. The van der Waals surface area contributed by atoms with Crippen molar-refractivity contribution in [2.75, 3.05) is 13.1 Å². The first-order chi connectivity index (χ1) is 30.1. The number of rotatable bonds is 16. The molecule has 2 aliphatic heterocycles. The van der Waals surface area contributed by atoms with Crippen LogP contribution >= 0.6 is 11.6 Å². The van der Waals surface area contributed by atoms with Gasteiger partial charge < -0.3 is 30.7 Å². The zero-order valence-corrected chi connectivity index (χ0v) is 35.5. The second-order valence-electron chi connectivity index (χ2n) is 16.0. The molecule has 0 radical (unpaired) electrons. The van der Waals surface area contributed by atoms with Crippen molar-refractivity contribution in [2.45, 2.75) is 77.9 Å². The van der Waals surface area contributed by atoms with Gasteiger partial charge in [0.05, 0.1) is 10.6 Å². The molecule has 5 heterocycles. The number of benzene rings is 3. The number of nitrogens with one attached hydrogen (secondary N) is 4. The van der Waals surface area contributed by atoms with E-state index in [1.165, 1.54) is 6.20 Å². The first-order valence-corrected chi connectivity index (χ1v) is 21.3. The molecule has 0 saturated carbocycles. The molecule has 0 unspecified atom stereocenters. The summed E-state index contributed by atoms with van der Waals surface area (Å²) in [4.78, 5) is 40.8. The van der Waals surface area contributed by atoms with Crippen molar-refractivity contribution in [3.8, 4) is 39.8 Å². The maximum Gasteiger partial charge on any atom is 0.259 e. The first-order valence-electron chi connectivity index (χ1n) is 20.9. The van der Waals surface area contributed by atoms with Crippen LogP contribution in [0.15, 0.2) is 102 Å². The Balaban J connectivity index is 0.985. The molecule has 316 valence electrons. The molecule has 2 fully saturated rings. The number of amides is 2. The van der Waals surface area contributed by atoms with Gasteiger partial charge in [0.25, 0.3) is 5.56 Å². The van der Waals surface area contributed by atoms with Crippen molar-refractivity contribution >= 4 is 28.9 Å². The third-order valence-corrected chi connectivity index (χ3v) is 12.0. The Morgan fingerprint density at radius 1 is 0.758 bits per heavy atom. The summed E-state index contributed by atoms with van der Waals surface area (Å²) in [6.07, 6.45) is 7.70. The number of hydrogen-bond acceptors (Lipinski definition) is 9. The number of pyridine rings is 3. The van der Waals surface area contributed by atoms with Crippen molar-refractivity contribution < 1.29 is 19.1 Å². The largest absolute Gasteiger partial charge is 0.488 e. The summed E-state index contributed by atoms with van der Waals surface area (Å²) >= 11 is 6.87. The van der Waals surface area contributed by atoms with Crippen LogP contribution in [-0.4, -0.2) is 46.4 Å². The van der Waals surface area contributed by atoms with E-state index in [-0.39, 0.29) is 42.7 Å². The minimum absolute atomic E-state index is 0.0672. The molecule has 3 aromatic carbocycles. The molecule has 0 spiro atoms. The van der Waals surface area contributed by atoms with Gasteiger partial charge in [-0.15, -0.1) is 0 Å². The Morgan fingerprint density at radius 3 is 2.15 bits per heavy atom. The SMILES string of the molecule is Cc1c(COc2cc(OCc3cncc(C#N)c3)c(CNC[C@H]3CCC(=O)N3)cc2Cl)cccc1-c1cccc(-c2ccn3c(=O)c(CNC[C@@H]4CCC(=O)N4)ccc3c2)c1C. The lowest BCUT2D eigenvalue weighted by Crippen LogP contribution is -2.36. The molecule has 8 rings (SSSR count). The molecule has 2 saturated heterocycles. The van der Waals surface area contributed by atoms with Gasteiger partial charge in [-0.2, -0.15) is 5.26 Å². The van der Waals surface area contributed by atoms with Crippen LogP contribution in [0.2, 0.25) is 5.02 Å². The van der Waals surface area contributed by atoms with Gasteiger partial charge in [-0.1, -0.05) is 54.1 Å². The van der Waals surface area contributed by atoms with Crippen LogP contribution in [0.25, 0.3) is 27.8 Å². The number of nitrogens with zero attached hydrogens (tertiary/aromatic N) is 3. The maximum absolute atomic E-state index is 13.4. The summed E-state index contributed by atoms with van der Waals surface area (Å²) < 4.78 is 14.4. The molecule has 12 nitrogen and oxygen atoms in total. The smallest absolute Gasteiger partial charge is 0.259 e. The lowest BCUT2D eigenvalue weighted by Gasteiger charge is -2.19. The Labute approximate surface area is 365 Å². The second kappa shape index (κ2) is 19.0. The predicted octanol–water partition coefficient (Wildman–Crippen LogP) is 7.06. The molecule has 13 heteroatoms. The standard InChI is InChI=1S/C49H48ClN7O5/c1-30-36(29-62-46-20-45(61-28-33-17-32(21-51)22-52-23-33)37(19-44(46)50)25-54-27-39-11-14-48(59)56-39)5-3-7-42(30)43-8-4-6-41(31(43)2)34-15-16-57-40(18-34)12-9-35(49(57)60)24-53-26-38-10-13-47(58)55-38/h3-9,12,15-20,22-23,38-39,53-54H,10-11,13-14,24-29H2,1-2H3,(H,55,58)(H,56,59)/t38-,39+/m0/s1. The van der Waals surface area contributed by atoms with E-state index in [1.807, 2.05) is 42.6 Å². The zero-order valence-electron chi connectivity index (χ0n) is 34.7. The highest BCUT2D eigenvalue weighted by atomic mass is 35.5. The van der Waals surface area contributed by atoms with E-state index < -0.39 is 0 Å². The lowest BCUT2D eigenvalue weighted by atomic mass is 9.89.